The zero-order chi connectivity index (χ0) is 19.3. The minimum absolute atomic E-state index is 0.366. The molecule has 0 heterocycles. The van der Waals surface area contributed by atoms with Crippen LogP contribution < -0.4 is 0 Å². The normalized spacial score (nSPS) is 13.4. The summed E-state index contributed by atoms with van der Waals surface area (Å²) in [7, 11) is 0. The summed E-state index contributed by atoms with van der Waals surface area (Å²) in [5.41, 5.74) is 1.05. The summed E-state index contributed by atoms with van der Waals surface area (Å²) in [5.74, 6) is 0. The van der Waals surface area contributed by atoms with Crippen LogP contribution >= 0.6 is 11.8 Å². The molecule has 0 unspecified atom stereocenters. The monoisotopic (exact) mass is 484 g/mol. The first kappa shape index (κ1) is 24.1. The summed E-state index contributed by atoms with van der Waals surface area (Å²) < 4.78 is 7.18. The number of aliphatic hydroxyl groups is 1. The Labute approximate surface area is 170 Å². The van der Waals surface area contributed by atoms with Crippen LogP contribution in [0.5, 0.6) is 0 Å². The Bertz CT molecular complexity index is 476. The number of benzene rings is 1. The van der Waals surface area contributed by atoms with Crippen molar-refractivity contribution in [2.75, 3.05) is 6.26 Å². The fourth-order valence-electron chi connectivity index (χ4n) is 3.62. The molecule has 1 aromatic rings. The van der Waals surface area contributed by atoms with E-state index in [1.165, 1.54) is 56.7 Å². The summed E-state index contributed by atoms with van der Waals surface area (Å²) in [6, 6.07) is 8.37. The molecule has 26 heavy (non-hydrogen) atoms. The Morgan fingerprint density at radius 3 is 1.85 bits per heavy atom. The van der Waals surface area contributed by atoms with Crippen molar-refractivity contribution in [3.63, 3.8) is 0 Å². The van der Waals surface area contributed by atoms with Gasteiger partial charge in [-0.25, -0.2) is 0 Å². The van der Waals surface area contributed by atoms with E-state index >= 15 is 0 Å². The maximum absolute atomic E-state index is 10.6. The van der Waals surface area contributed by atoms with Gasteiger partial charge in [-0.1, -0.05) is 0 Å². The van der Waals surface area contributed by atoms with Crippen molar-refractivity contribution < 1.29 is 5.11 Å². The molecule has 1 aromatic carbocycles. The number of thioether (sulfide) groups is 1. The van der Waals surface area contributed by atoms with Crippen LogP contribution in [0.2, 0.25) is 13.3 Å². The molecule has 148 valence electrons. The molecule has 0 fully saturated rings. The molecule has 1 nitrogen and oxygen atoms in total. The molecule has 1 N–H and O–H groups in total. The molecule has 3 heteroatoms. The summed E-state index contributed by atoms with van der Waals surface area (Å²) >= 11 is -0.447. The average molecular weight is 483 g/mol. The third-order valence-electron chi connectivity index (χ3n) is 5.42. The number of hydrogen-bond acceptors (Lipinski definition) is 2. The van der Waals surface area contributed by atoms with Gasteiger partial charge in [0.2, 0.25) is 0 Å². The van der Waals surface area contributed by atoms with E-state index in [1.54, 1.807) is 11.8 Å². The van der Waals surface area contributed by atoms with E-state index in [0.29, 0.717) is 0 Å². The molecule has 0 amide bonds. The number of unbranched alkanes of at least 4 members (excludes halogenated alkanes) is 3. The fraction of sp³-hybridized carbons (Fsp3) is 0.652. The molecule has 0 saturated heterocycles. The molecule has 0 saturated carbocycles. The van der Waals surface area contributed by atoms with Crippen LogP contribution in [0.1, 0.15) is 77.4 Å². The molecule has 0 bridgehead atoms. The first-order chi connectivity index (χ1) is 12.6. The maximum atomic E-state index is 10.6. The van der Waals surface area contributed by atoms with Gasteiger partial charge in [-0.05, 0) is 0 Å². The SMILES string of the molecule is CCC[CH2][Sn](/[CH]=C/C[C@@H](O)c1ccc(SC)cc1)([CH2]CCC)[CH2]CCC. The zero-order valence-corrected chi connectivity index (χ0v) is 21.1. The van der Waals surface area contributed by atoms with Gasteiger partial charge in [0.15, 0.2) is 0 Å². The zero-order valence-electron chi connectivity index (χ0n) is 17.5. The van der Waals surface area contributed by atoms with Crippen LogP contribution in [-0.4, -0.2) is 29.7 Å². The van der Waals surface area contributed by atoms with E-state index < -0.39 is 18.4 Å². The van der Waals surface area contributed by atoms with Gasteiger partial charge >= 0.3 is 172 Å². The molecule has 1 rings (SSSR count). The molecule has 0 radical (unpaired) electrons. The van der Waals surface area contributed by atoms with Crippen molar-refractivity contribution in [1.82, 2.24) is 0 Å². The molecule has 1 atom stereocenters. The second kappa shape index (κ2) is 14.1. The van der Waals surface area contributed by atoms with E-state index in [0.717, 1.165) is 12.0 Å². The second-order valence-corrected chi connectivity index (χ2v) is 21.5. The summed E-state index contributed by atoms with van der Waals surface area (Å²) in [4.78, 5) is 1.26. The minimum atomic E-state index is -2.19. The van der Waals surface area contributed by atoms with E-state index in [2.05, 4.69) is 61.5 Å². The number of rotatable bonds is 14. The standard InChI is InChI=1S/C11H13OS.3C4H9.Sn/c1-3-4-11(12)9-5-7-10(13-2)8-6-9;3*1-3-4-2;/h1,3,5-8,11-12H,4H2,2H3;3*1,3-4H2,2H3;/t11-;;;;/m1..../s1. The molecule has 0 aromatic heterocycles. The van der Waals surface area contributed by atoms with Crippen molar-refractivity contribution in [3.8, 4) is 0 Å². The van der Waals surface area contributed by atoms with E-state index in [1.807, 2.05) is 0 Å². The van der Waals surface area contributed by atoms with Gasteiger partial charge in [0, 0.05) is 0 Å². The van der Waals surface area contributed by atoms with Crippen molar-refractivity contribution in [3.05, 3.63) is 40.0 Å². The first-order valence-corrected chi connectivity index (χ1v) is 19.5. The van der Waals surface area contributed by atoms with Crippen molar-refractivity contribution in [2.24, 2.45) is 0 Å². The van der Waals surface area contributed by atoms with Gasteiger partial charge < -0.3 is 0 Å². The van der Waals surface area contributed by atoms with Crippen LogP contribution in [0.4, 0.5) is 0 Å². The molecule has 0 aliphatic heterocycles. The van der Waals surface area contributed by atoms with Crippen LogP contribution in [0.3, 0.4) is 0 Å². The van der Waals surface area contributed by atoms with Crippen LogP contribution in [0.15, 0.2) is 39.3 Å². The van der Waals surface area contributed by atoms with Crippen molar-refractivity contribution >= 4 is 30.1 Å². The molecule has 0 aliphatic carbocycles. The third-order valence-corrected chi connectivity index (χ3v) is 20.4. The molecular formula is C23H40OSSn. The molecular weight excluding hydrogens is 443 g/mol. The van der Waals surface area contributed by atoms with Gasteiger partial charge in [-0.15, -0.1) is 0 Å². The average Bonchev–Trinajstić information content (AvgIpc) is 2.68. The van der Waals surface area contributed by atoms with Crippen LogP contribution in [0, 0.1) is 0 Å². The van der Waals surface area contributed by atoms with Crippen LogP contribution in [0.25, 0.3) is 0 Å². The topological polar surface area (TPSA) is 20.2 Å². The second-order valence-electron chi connectivity index (χ2n) is 7.60. The Balaban J connectivity index is 2.78. The number of hydrogen-bond donors (Lipinski definition) is 1. The fourth-order valence-corrected chi connectivity index (χ4v) is 18.5. The van der Waals surface area contributed by atoms with Crippen LogP contribution in [-0.2, 0) is 0 Å². The Kier molecular flexibility index (Phi) is 13.1. The van der Waals surface area contributed by atoms with E-state index in [4.69, 9.17) is 0 Å². The Morgan fingerprint density at radius 1 is 0.923 bits per heavy atom. The van der Waals surface area contributed by atoms with Crippen molar-refractivity contribution in [1.29, 1.82) is 0 Å². The van der Waals surface area contributed by atoms with Gasteiger partial charge in [-0.2, -0.15) is 0 Å². The Morgan fingerprint density at radius 2 is 1.42 bits per heavy atom. The van der Waals surface area contributed by atoms with Gasteiger partial charge in [0.1, 0.15) is 0 Å². The van der Waals surface area contributed by atoms with Gasteiger partial charge in [0.25, 0.3) is 0 Å². The molecule has 0 spiro atoms. The summed E-state index contributed by atoms with van der Waals surface area (Å²) in [6.45, 7) is 6.96. The predicted molar refractivity (Wildman–Crippen MR) is 122 cm³/mol. The third kappa shape index (κ3) is 8.84. The van der Waals surface area contributed by atoms with E-state index in [-0.39, 0.29) is 6.10 Å². The number of aliphatic hydroxyl groups excluding tert-OH is 1. The molecule has 0 aliphatic rings. The summed E-state index contributed by atoms with van der Waals surface area (Å²) in [6.07, 6.45) is 13.0. The van der Waals surface area contributed by atoms with Gasteiger partial charge in [-0.3, -0.25) is 0 Å². The van der Waals surface area contributed by atoms with Gasteiger partial charge in [0.05, 0.1) is 0 Å². The van der Waals surface area contributed by atoms with E-state index in [9.17, 15) is 5.11 Å². The quantitative estimate of drug-likeness (QED) is 0.215. The summed E-state index contributed by atoms with van der Waals surface area (Å²) in [5, 5.41) is 10.6. The predicted octanol–water partition coefficient (Wildman–Crippen LogP) is 7.78. The first-order valence-electron chi connectivity index (χ1n) is 10.6. The Hall–Kier alpha value is 0.0687. The van der Waals surface area contributed by atoms with Crippen molar-refractivity contribution in [2.45, 2.75) is 90.0 Å².